The Kier molecular flexibility index (Phi) is 8.80. The molecule has 0 radical (unpaired) electrons. The molecule has 0 amide bonds. The number of fused-ring (bicyclic) bond motifs is 1. The van der Waals surface area contributed by atoms with Crippen molar-refractivity contribution in [1.29, 1.82) is 0 Å². The highest BCUT2D eigenvalue weighted by Gasteiger charge is 2.66. The molecule has 3 atom stereocenters. The monoisotopic (exact) mass is 432 g/mol. The van der Waals surface area contributed by atoms with E-state index in [-0.39, 0.29) is 6.10 Å². The van der Waals surface area contributed by atoms with Gasteiger partial charge in [0.25, 0.3) is 0 Å². The van der Waals surface area contributed by atoms with Crippen LogP contribution in [0.1, 0.15) is 66.7 Å². The largest absolute Gasteiger partial charge is 0.455 e. The van der Waals surface area contributed by atoms with Gasteiger partial charge >= 0.3 is 17.9 Å². The molecule has 0 N–H and O–H groups in total. The van der Waals surface area contributed by atoms with Crippen molar-refractivity contribution < 1.29 is 33.3 Å². The molecule has 3 unspecified atom stereocenters. The van der Waals surface area contributed by atoms with Gasteiger partial charge in [0.05, 0.1) is 6.26 Å². The minimum Gasteiger partial charge on any atom is -0.455 e. The summed E-state index contributed by atoms with van der Waals surface area (Å²) in [6.45, 7) is 8.80. The minimum absolute atomic E-state index is 0.249. The topological polar surface area (TPSA) is 91.4 Å². The first-order valence-corrected chi connectivity index (χ1v) is 10.5. The van der Waals surface area contributed by atoms with Crippen molar-refractivity contribution in [3.05, 3.63) is 47.5 Å². The van der Waals surface area contributed by atoms with E-state index in [0.717, 1.165) is 19.3 Å². The molecular weight excluding hydrogens is 400 g/mol. The maximum atomic E-state index is 12.7. The molecule has 7 nitrogen and oxygen atoms in total. The van der Waals surface area contributed by atoms with E-state index in [2.05, 4.69) is 32.9 Å². The van der Waals surface area contributed by atoms with Crippen LogP contribution < -0.4 is 0 Å². The number of hydrogen-bond donors (Lipinski definition) is 0. The third-order valence-corrected chi connectivity index (χ3v) is 5.17. The quantitative estimate of drug-likeness (QED) is 0.126. The van der Waals surface area contributed by atoms with Crippen LogP contribution in [0.25, 0.3) is 0 Å². The van der Waals surface area contributed by atoms with Gasteiger partial charge in [-0.3, -0.25) is 9.59 Å². The average molecular weight is 433 g/mol. The first-order chi connectivity index (χ1) is 14.6. The lowest BCUT2D eigenvalue weighted by atomic mass is 9.90. The Morgan fingerprint density at radius 2 is 1.77 bits per heavy atom. The normalized spacial score (nSPS) is 25.5. The number of ether oxygens (including phenoxy) is 4. The number of allylic oxidation sites excluding steroid dienone is 4. The smallest absolute Gasteiger partial charge is 0.341 e. The number of cyclic esters (lactones) is 1. The summed E-state index contributed by atoms with van der Waals surface area (Å²) in [6, 6.07) is 0. The van der Waals surface area contributed by atoms with Gasteiger partial charge in [0.1, 0.15) is 18.5 Å². The van der Waals surface area contributed by atoms with Gasteiger partial charge in [-0.15, -0.1) is 0 Å². The molecule has 0 saturated carbocycles. The lowest BCUT2D eigenvalue weighted by Gasteiger charge is -2.25. The molecule has 2 aliphatic rings. The highest BCUT2D eigenvalue weighted by atomic mass is 16.7. The molecule has 2 saturated heterocycles. The lowest BCUT2D eigenvalue weighted by molar-refractivity contribution is -0.155. The summed E-state index contributed by atoms with van der Waals surface area (Å²) in [5.74, 6) is -1.42. The van der Waals surface area contributed by atoms with E-state index in [1.165, 1.54) is 43.6 Å². The summed E-state index contributed by atoms with van der Waals surface area (Å²) < 4.78 is 21.1. The second-order valence-corrected chi connectivity index (χ2v) is 8.17. The predicted molar refractivity (Wildman–Crippen MR) is 115 cm³/mol. The van der Waals surface area contributed by atoms with Crippen LogP contribution in [0.2, 0.25) is 0 Å². The van der Waals surface area contributed by atoms with E-state index in [9.17, 15) is 14.4 Å². The van der Waals surface area contributed by atoms with Gasteiger partial charge in [-0.2, -0.15) is 0 Å². The first-order valence-electron chi connectivity index (χ1n) is 10.5. The molecule has 0 aromatic carbocycles. The summed E-state index contributed by atoms with van der Waals surface area (Å²) in [7, 11) is 0. The van der Waals surface area contributed by atoms with Gasteiger partial charge in [0, 0.05) is 25.8 Å². The second kappa shape index (κ2) is 11.1. The van der Waals surface area contributed by atoms with Crippen LogP contribution in [0.15, 0.2) is 47.5 Å². The Morgan fingerprint density at radius 1 is 1.06 bits per heavy atom. The third-order valence-electron chi connectivity index (χ3n) is 5.17. The van der Waals surface area contributed by atoms with Crippen molar-refractivity contribution in [2.75, 3.05) is 0 Å². The fourth-order valence-electron chi connectivity index (χ4n) is 3.44. The van der Waals surface area contributed by atoms with Crippen molar-refractivity contribution >= 4 is 17.9 Å². The molecule has 0 aliphatic carbocycles. The zero-order valence-corrected chi connectivity index (χ0v) is 18.9. The van der Waals surface area contributed by atoms with Gasteiger partial charge in [0.15, 0.2) is 5.60 Å². The fraction of sp³-hybridized carbons (Fsp3) is 0.542. The lowest BCUT2D eigenvalue weighted by Crippen LogP contribution is -2.39. The number of esters is 3. The first kappa shape index (κ1) is 24.6. The molecule has 2 aliphatic heterocycles. The molecule has 2 fully saturated rings. The molecule has 0 aromatic rings. The highest BCUT2D eigenvalue weighted by molar-refractivity contribution is 5.85. The predicted octanol–water partition coefficient (Wildman–Crippen LogP) is 4.44. The minimum atomic E-state index is -0.890. The number of rotatable bonds is 10. The fourth-order valence-corrected chi connectivity index (χ4v) is 3.44. The Morgan fingerprint density at radius 3 is 2.39 bits per heavy atom. The van der Waals surface area contributed by atoms with E-state index in [1.54, 1.807) is 0 Å². The Hall–Kier alpha value is -2.67. The Balaban J connectivity index is 1.95. The number of epoxide rings is 1. The summed E-state index contributed by atoms with van der Waals surface area (Å²) in [5, 5.41) is 0. The second-order valence-electron chi connectivity index (χ2n) is 8.17. The standard InChI is InChI=1S/C24H32O7/c1-16(2)8-6-9-17(3)10-7-12-24-22(31-24)14-21(30-23(24)27)20(15-29-19(5)26)11-13-28-18(4)25/h8,10-11,13,15,21-22H,6-7,9,12,14H2,1-5H3/b13-11+,17-10+,20-15-. The van der Waals surface area contributed by atoms with Crippen molar-refractivity contribution in [3.8, 4) is 0 Å². The van der Waals surface area contributed by atoms with Crippen molar-refractivity contribution in [1.82, 2.24) is 0 Å². The van der Waals surface area contributed by atoms with E-state index < -0.39 is 29.6 Å². The summed E-state index contributed by atoms with van der Waals surface area (Å²) in [6.07, 6.45) is 11.0. The third kappa shape index (κ3) is 7.51. The molecule has 0 aromatic heterocycles. The van der Waals surface area contributed by atoms with Gasteiger partial charge in [-0.1, -0.05) is 23.3 Å². The summed E-state index contributed by atoms with van der Waals surface area (Å²) in [4.78, 5) is 34.8. The Bertz CT molecular complexity index is 814. The van der Waals surface area contributed by atoms with E-state index in [0.29, 0.717) is 18.4 Å². The number of carbonyl (C=O) groups excluding carboxylic acids is 3. The van der Waals surface area contributed by atoms with Gasteiger partial charge in [0.2, 0.25) is 0 Å². The maximum absolute atomic E-state index is 12.7. The van der Waals surface area contributed by atoms with Gasteiger partial charge < -0.3 is 18.9 Å². The van der Waals surface area contributed by atoms with E-state index in [1.807, 2.05) is 0 Å². The molecule has 0 bridgehead atoms. The number of hydrogen-bond acceptors (Lipinski definition) is 7. The zero-order chi connectivity index (χ0) is 23.0. The summed E-state index contributed by atoms with van der Waals surface area (Å²) >= 11 is 0. The Labute approximate surface area is 183 Å². The molecular formula is C24H32O7. The van der Waals surface area contributed by atoms with Crippen LogP contribution in [0, 0.1) is 0 Å². The highest BCUT2D eigenvalue weighted by Crippen LogP contribution is 2.49. The van der Waals surface area contributed by atoms with Crippen LogP contribution in [0.4, 0.5) is 0 Å². The average Bonchev–Trinajstić information content (AvgIpc) is 3.38. The molecule has 31 heavy (non-hydrogen) atoms. The van der Waals surface area contributed by atoms with Crippen LogP contribution in [-0.4, -0.2) is 35.7 Å². The van der Waals surface area contributed by atoms with Gasteiger partial charge in [-0.25, -0.2) is 4.79 Å². The molecule has 170 valence electrons. The zero-order valence-electron chi connectivity index (χ0n) is 18.9. The number of carbonyl (C=O) groups is 3. The van der Waals surface area contributed by atoms with E-state index in [4.69, 9.17) is 18.9 Å². The molecule has 2 heterocycles. The van der Waals surface area contributed by atoms with Gasteiger partial charge in [-0.05, 0) is 52.5 Å². The van der Waals surface area contributed by atoms with Crippen molar-refractivity contribution in [2.45, 2.75) is 84.5 Å². The van der Waals surface area contributed by atoms with Crippen LogP contribution in [0.5, 0.6) is 0 Å². The summed E-state index contributed by atoms with van der Waals surface area (Å²) in [5.41, 5.74) is 2.11. The van der Waals surface area contributed by atoms with Crippen molar-refractivity contribution in [3.63, 3.8) is 0 Å². The molecule has 7 heteroatoms. The van der Waals surface area contributed by atoms with Crippen LogP contribution in [-0.2, 0) is 33.3 Å². The van der Waals surface area contributed by atoms with Crippen molar-refractivity contribution in [2.24, 2.45) is 0 Å². The van der Waals surface area contributed by atoms with E-state index >= 15 is 0 Å². The van der Waals surface area contributed by atoms with Crippen LogP contribution >= 0.6 is 0 Å². The SMILES string of the molecule is CC(=O)O/C=C(/C=C/OC(C)=O)C1CC2OC2(CC/C=C(\C)CCC=C(C)C)C(=O)O1. The molecule has 0 spiro atoms. The maximum Gasteiger partial charge on any atom is 0.341 e. The van der Waals surface area contributed by atoms with Crippen LogP contribution in [0.3, 0.4) is 0 Å². The molecule has 2 rings (SSSR count).